The van der Waals surface area contributed by atoms with E-state index in [1.807, 2.05) is 31.2 Å². The van der Waals surface area contributed by atoms with E-state index in [9.17, 15) is 13.2 Å². The number of carbonyl (C=O) groups excluding carboxylic acids is 1. The van der Waals surface area contributed by atoms with E-state index in [-0.39, 0.29) is 17.3 Å². The minimum Gasteiger partial charge on any atom is -0.496 e. The quantitative estimate of drug-likeness (QED) is 0.704. The molecular formula is C19H24N2O4S. The van der Waals surface area contributed by atoms with Crippen LogP contribution in [0.3, 0.4) is 0 Å². The minimum absolute atomic E-state index is 0.0710. The van der Waals surface area contributed by atoms with Crippen molar-refractivity contribution in [1.29, 1.82) is 0 Å². The summed E-state index contributed by atoms with van der Waals surface area (Å²) in [6, 6.07) is 13.5. The van der Waals surface area contributed by atoms with Gasteiger partial charge in [0, 0.05) is 18.7 Å². The summed E-state index contributed by atoms with van der Waals surface area (Å²) in [5, 5.41) is 2.74. The Labute approximate surface area is 154 Å². The number of ether oxygens (including phenoxy) is 1. The highest BCUT2D eigenvalue weighted by Crippen LogP contribution is 2.18. The molecule has 2 N–H and O–H groups in total. The average Bonchev–Trinajstić information content (AvgIpc) is 2.66. The molecule has 0 unspecified atom stereocenters. The number of carbonyl (C=O) groups is 1. The highest BCUT2D eigenvalue weighted by Gasteiger charge is 2.16. The Morgan fingerprint density at radius 1 is 1.08 bits per heavy atom. The van der Waals surface area contributed by atoms with E-state index in [4.69, 9.17) is 4.74 Å². The Morgan fingerprint density at radius 3 is 2.58 bits per heavy atom. The number of hydrogen-bond acceptors (Lipinski definition) is 4. The zero-order valence-electron chi connectivity index (χ0n) is 15.0. The van der Waals surface area contributed by atoms with E-state index < -0.39 is 10.0 Å². The fraction of sp³-hybridized carbons (Fsp3) is 0.316. The second-order valence-electron chi connectivity index (χ2n) is 5.74. The molecule has 2 rings (SSSR count). The fourth-order valence-corrected chi connectivity index (χ4v) is 3.54. The van der Waals surface area contributed by atoms with Crippen LogP contribution >= 0.6 is 0 Å². The van der Waals surface area contributed by atoms with E-state index in [1.54, 1.807) is 19.2 Å². The summed E-state index contributed by atoms with van der Waals surface area (Å²) in [5.74, 6) is 0.444. The van der Waals surface area contributed by atoms with Gasteiger partial charge in [0.1, 0.15) is 5.75 Å². The summed E-state index contributed by atoms with van der Waals surface area (Å²) in [7, 11) is -2.12. The predicted molar refractivity (Wildman–Crippen MR) is 101 cm³/mol. The Balaban J connectivity index is 2.04. The number of hydrogen-bond donors (Lipinski definition) is 2. The molecule has 0 spiro atoms. The van der Waals surface area contributed by atoms with E-state index in [2.05, 4.69) is 10.0 Å². The average molecular weight is 376 g/mol. The number of para-hydroxylation sites is 1. The summed E-state index contributed by atoms with van der Waals surface area (Å²) >= 11 is 0. The molecule has 0 saturated heterocycles. The molecule has 0 bridgehead atoms. The van der Waals surface area contributed by atoms with Crippen LogP contribution in [0.2, 0.25) is 0 Å². The number of amides is 1. The highest BCUT2D eigenvalue weighted by atomic mass is 32.2. The van der Waals surface area contributed by atoms with Crippen LogP contribution in [0.25, 0.3) is 0 Å². The van der Waals surface area contributed by atoms with Crippen LogP contribution in [0, 0.1) is 0 Å². The lowest BCUT2D eigenvalue weighted by molar-refractivity contribution is 0.0953. The van der Waals surface area contributed by atoms with E-state index in [1.165, 1.54) is 12.1 Å². The third-order valence-electron chi connectivity index (χ3n) is 3.82. The van der Waals surface area contributed by atoms with Gasteiger partial charge in [-0.05, 0) is 42.7 Å². The normalized spacial score (nSPS) is 11.2. The van der Waals surface area contributed by atoms with Gasteiger partial charge in [0.2, 0.25) is 10.0 Å². The Hall–Kier alpha value is -2.38. The van der Waals surface area contributed by atoms with Gasteiger partial charge in [-0.3, -0.25) is 4.79 Å². The lowest BCUT2D eigenvalue weighted by Gasteiger charge is -2.10. The first kappa shape index (κ1) is 19.9. The van der Waals surface area contributed by atoms with Gasteiger partial charge in [-0.2, -0.15) is 0 Å². The van der Waals surface area contributed by atoms with Crippen LogP contribution in [0.4, 0.5) is 0 Å². The van der Waals surface area contributed by atoms with Gasteiger partial charge >= 0.3 is 0 Å². The molecule has 0 aliphatic rings. The maximum absolute atomic E-state index is 12.5. The van der Waals surface area contributed by atoms with Crippen LogP contribution in [-0.2, 0) is 16.4 Å². The van der Waals surface area contributed by atoms with Gasteiger partial charge in [0.25, 0.3) is 5.91 Å². The molecule has 1 amide bonds. The molecule has 2 aromatic rings. The number of rotatable bonds is 9. The van der Waals surface area contributed by atoms with Gasteiger partial charge in [-0.1, -0.05) is 31.2 Å². The van der Waals surface area contributed by atoms with Crippen molar-refractivity contribution in [3.05, 3.63) is 59.7 Å². The van der Waals surface area contributed by atoms with Gasteiger partial charge < -0.3 is 10.1 Å². The van der Waals surface area contributed by atoms with Crippen molar-refractivity contribution in [3.8, 4) is 5.75 Å². The first-order chi connectivity index (χ1) is 12.5. The Kier molecular flexibility index (Phi) is 7.17. The molecule has 7 heteroatoms. The molecule has 0 saturated carbocycles. The highest BCUT2D eigenvalue weighted by molar-refractivity contribution is 7.89. The molecule has 0 aliphatic carbocycles. The topological polar surface area (TPSA) is 84.5 Å². The summed E-state index contributed by atoms with van der Waals surface area (Å²) in [4.78, 5) is 12.1. The molecular weight excluding hydrogens is 352 g/mol. The van der Waals surface area contributed by atoms with Crippen molar-refractivity contribution < 1.29 is 17.9 Å². The molecule has 0 aromatic heterocycles. The molecule has 0 atom stereocenters. The summed E-state index contributed by atoms with van der Waals surface area (Å²) in [6.45, 7) is 2.73. The molecule has 0 radical (unpaired) electrons. The van der Waals surface area contributed by atoms with Crippen molar-refractivity contribution in [2.75, 3.05) is 20.2 Å². The second kappa shape index (κ2) is 9.35. The third-order valence-corrected chi connectivity index (χ3v) is 5.28. The Morgan fingerprint density at radius 2 is 1.85 bits per heavy atom. The van der Waals surface area contributed by atoms with Crippen molar-refractivity contribution in [2.24, 2.45) is 0 Å². The number of sulfonamides is 1. The van der Waals surface area contributed by atoms with Crippen molar-refractivity contribution in [2.45, 2.75) is 24.7 Å². The van der Waals surface area contributed by atoms with Gasteiger partial charge in [-0.25, -0.2) is 13.1 Å². The SMILES string of the molecule is CCCNC(=O)c1cccc(S(=O)(=O)NCCc2ccccc2OC)c1. The maximum atomic E-state index is 12.5. The predicted octanol–water partition coefficient (Wildman–Crippen LogP) is 2.36. The Bertz CT molecular complexity index is 850. The molecule has 2 aromatic carbocycles. The van der Waals surface area contributed by atoms with Gasteiger partial charge in [-0.15, -0.1) is 0 Å². The standard InChI is InChI=1S/C19H24N2O4S/c1-3-12-20-19(22)16-8-6-9-17(14-16)26(23,24)21-13-11-15-7-4-5-10-18(15)25-2/h4-10,14,21H,3,11-13H2,1-2H3,(H,20,22). The van der Waals surface area contributed by atoms with Crippen LogP contribution in [-0.4, -0.2) is 34.5 Å². The summed E-state index contributed by atoms with van der Waals surface area (Å²) < 4.78 is 32.8. The maximum Gasteiger partial charge on any atom is 0.251 e. The largest absolute Gasteiger partial charge is 0.496 e. The number of methoxy groups -OCH3 is 1. The van der Waals surface area contributed by atoms with E-state index in [0.717, 1.165) is 17.7 Å². The summed E-state index contributed by atoms with van der Waals surface area (Å²) in [5.41, 5.74) is 1.25. The van der Waals surface area contributed by atoms with Crippen LogP contribution in [0.1, 0.15) is 29.3 Å². The number of nitrogens with one attached hydrogen (secondary N) is 2. The second-order valence-corrected chi connectivity index (χ2v) is 7.51. The van der Waals surface area contributed by atoms with Gasteiger partial charge in [0.05, 0.1) is 12.0 Å². The molecule has 6 nitrogen and oxygen atoms in total. The molecule has 0 heterocycles. The van der Waals surface area contributed by atoms with Crippen LogP contribution in [0.15, 0.2) is 53.4 Å². The zero-order valence-corrected chi connectivity index (χ0v) is 15.8. The fourth-order valence-electron chi connectivity index (χ4n) is 2.46. The number of benzene rings is 2. The third kappa shape index (κ3) is 5.31. The van der Waals surface area contributed by atoms with Gasteiger partial charge in [0.15, 0.2) is 0 Å². The lowest BCUT2D eigenvalue weighted by atomic mass is 10.1. The first-order valence-electron chi connectivity index (χ1n) is 8.47. The van der Waals surface area contributed by atoms with E-state index >= 15 is 0 Å². The van der Waals surface area contributed by atoms with E-state index in [0.29, 0.717) is 18.5 Å². The van der Waals surface area contributed by atoms with Crippen LogP contribution < -0.4 is 14.8 Å². The molecule has 26 heavy (non-hydrogen) atoms. The molecule has 0 fully saturated rings. The monoisotopic (exact) mass is 376 g/mol. The van der Waals surface area contributed by atoms with Crippen molar-refractivity contribution in [1.82, 2.24) is 10.0 Å². The molecule has 0 aliphatic heterocycles. The minimum atomic E-state index is -3.70. The smallest absolute Gasteiger partial charge is 0.251 e. The van der Waals surface area contributed by atoms with Crippen LogP contribution in [0.5, 0.6) is 5.75 Å². The van der Waals surface area contributed by atoms with Crippen molar-refractivity contribution in [3.63, 3.8) is 0 Å². The molecule has 140 valence electrons. The van der Waals surface area contributed by atoms with Crippen molar-refractivity contribution >= 4 is 15.9 Å². The zero-order chi connectivity index (χ0) is 19.0. The summed E-state index contributed by atoms with van der Waals surface area (Å²) in [6.07, 6.45) is 1.31. The lowest BCUT2D eigenvalue weighted by Crippen LogP contribution is -2.27. The first-order valence-corrected chi connectivity index (χ1v) is 9.96.